The van der Waals surface area contributed by atoms with Crippen LogP contribution in [0, 0.1) is 5.92 Å². The van der Waals surface area contributed by atoms with E-state index < -0.39 is 0 Å². The third-order valence-corrected chi connectivity index (χ3v) is 1.93. The second kappa shape index (κ2) is 3.43. The van der Waals surface area contributed by atoms with Crippen LogP contribution in [0.25, 0.3) is 0 Å². The maximum atomic E-state index is 3.20. The highest BCUT2D eigenvalue weighted by molar-refractivity contribution is 5.28. The van der Waals surface area contributed by atoms with E-state index >= 15 is 0 Å². The Labute approximate surface area is 62.9 Å². The van der Waals surface area contributed by atoms with E-state index in [0.717, 1.165) is 5.92 Å². The largest absolute Gasteiger partial charge is 0.117 e. The SMILES string of the molecule is CC[C@@H](C)CC1=C=CC=C1. The van der Waals surface area contributed by atoms with Gasteiger partial charge in [-0.15, -0.1) is 5.73 Å². The van der Waals surface area contributed by atoms with Gasteiger partial charge >= 0.3 is 0 Å². The first kappa shape index (κ1) is 7.37. The Balaban J connectivity index is 2.39. The van der Waals surface area contributed by atoms with Crippen molar-refractivity contribution in [2.75, 3.05) is 0 Å². The second-order valence-corrected chi connectivity index (χ2v) is 2.91. The molecule has 1 atom stereocenters. The van der Waals surface area contributed by atoms with Gasteiger partial charge in [-0.25, -0.2) is 0 Å². The molecule has 0 N–H and O–H groups in total. The second-order valence-electron chi connectivity index (χ2n) is 2.91. The van der Waals surface area contributed by atoms with Crippen LogP contribution in [0.5, 0.6) is 0 Å². The first-order valence-corrected chi connectivity index (χ1v) is 3.95. The summed E-state index contributed by atoms with van der Waals surface area (Å²) < 4.78 is 0. The van der Waals surface area contributed by atoms with E-state index in [-0.39, 0.29) is 0 Å². The van der Waals surface area contributed by atoms with Crippen molar-refractivity contribution in [3.8, 4) is 0 Å². The maximum Gasteiger partial charge on any atom is -0.00575 e. The molecule has 0 fully saturated rings. The highest BCUT2D eigenvalue weighted by Crippen LogP contribution is 2.16. The van der Waals surface area contributed by atoms with E-state index in [0.29, 0.717) is 0 Å². The van der Waals surface area contributed by atoms with Crippen molar-refractivity contribution in [3.63, 3.8) is 0 Å². The molecule has 0 saturated carbocycles. The molecule has 1 aliphatic rings. The zero-order valence-electron chi connectivity index (χ0n) is 6.72. The van der Waals surface area contributed by atoms with E-state index in [9.17, 15) is 0 Å². The Hall–Kier alpha value is -0.740. The zero-order chi connectivity index (χ0) is 7.40. The molecular formula is C10H14. The summed E-state index contributed by atoms with van der Waals surface area (Å²) in [7, 11) is 0. The van der Waals surface area contributed by atoms with Crippen molar-refractivity contribution in [1.29, 1.82) is 0 Å². The van der Waals surface area contributed by atoms with Gasteiger partial charge in [0.25, 0.3) is 0 Å². The van der Waals surface area contributed by atoms with Gasteiger partial charge in [0.1, 0.15) is 0 Å². The van der Waals surface area contributed by atoms with Crippen LogP contribution in [0.2, 0.25) is 0 Å². The molecule has 0 aromatic heterocycles. The Morgan fingerprint density at radius 2 is 2.40 bits per heavy atom. The quantitative estimate of drug-likeness (QED) is 0.520. The standard InChI is InChI=1S/C10H14/c1-3-9(2)8-10-6-4-5-7-10/h4-6,9H,3,8H2,1-2H3/t9-/m1/s1. The van der Waals surface area contributed by atoms with Crippen LogP contribution < -0.4 is 0 Å². The van der Waals surface area contributed by atoms with E-state index in [1.165, 1.54) is 18.4 Å². The van der Waals surface area contributed by atoms with Gasteiger partial charge in [-0.2, -0.15) is 0 Å². The fourth-order valence-corrected chi connectivity index (χ4v) is 1.01. The topological polar surface area (TPSA) is 0 Å². The third-order valence-electron chi connectivity index (χ3n) is 1.93. The molecule has 0 heteroatoms. The lowest BCUT2D eigenvalue weighted by Crippen LogP contribution is -1.91. The van der Waals surface area contributed by atoms with Crippen LogP contribution in [-0.2, 0) is 0 Å². The first-order valence-electron chi connectivity index (χ1n) is 3.95. The van der Waals surface area contributed by atoms with Gasteiger partial charge in [-0.05, 0) is 24.0 Å². The average Bonchev–Trinajstić information content (AvgIpc) is 2.40. The number of hydrogen-bond acceptors (Lipinski definition) is 0. The molecule has 0 aliphatic heterocycles. The minimum absolute atomic E-state index is 0.804. The Kier molecular flexibility index (Phi) is 2.53. The Morgan fingerprint density at radius 1 is 1.60 bits per heavy atom. The predicted octanol–water partition coefficient (Wildman–Crippen LogP) is 3.07. The van der Waals surface area contributed by atoms with Gasteiger partial charge in [0, 0.05) is 0 Å². The molecule has 0 bridgehead atoms. The van der Waals surface area contributed by atoms with Gasteiger partial charge in [0.05, 0.1) is 0 Å². The maximum absolute atomic E-state index is 3.20. The van der Waals surface area contributed by atoms with E-state index in [1.807, 2.05) is 6.08 Å². The molecule has 54 valence electrons. The average molecular weight is 134 g/mol. The third kappa shape index (κ3) is 1.89. The fraction of sp³-hybridized carbons (Fsp3) is 0.500. The van der Waals surface area contributed by atoms with Crippen LogP contribution in [-0.4, -0.2) is 0 Å². The summed E-state index contributed by atoms with van der Waals surface area (Å²) in [5.41, 5.74) is 4.56. The first-order chi connectivity index (χ1) is 4.83. The van der Waals surface area contributed by atoms with Crippen LogP contribution in [0.4, 0.5) is 0 Å². The zero-order valence-corrected chi connectivity index (χ0v) is 6.72. The van der Waals surface area contributed by atoms with Crippen molar-refractivity contribution in [1.82, 2.24) is 0 Å². The number of allylic oxidation sites excluding steroid dienone is 3. The highest BCUT2D eigenvalue weighted by Gasteiger charge is 2.01. The minimum Gasteiger partial charge on any atom is -0.117 e. The van der Waals surface area contributed by atoms with E-state index in [2.05, 4.69) is 31.7 Å². The van der Waals surface area contributed by atoms with Gasteiger partial charge in [-0.1, -0.05) is 32.4 Å². The minimum atomic E-state index is 0.804. The normalized spacial score (nSPS) is 17.6. The highest BCUT2D eigenvalue weighted by atomic mass is 14.1. The van der Waals surface area contributed by atoms with Crippen LogP contribution in [0.15, 0.2) is 29.5 Å². The lowest BCUT2D eigenvalue weighted by atomic mass is 10.0. The number of hydrogen-bond donors (Lipinski definition) is 0. The predicted molar refractivity (Wildman–Crippen MR) is 44.8 cm³/mol. The molecular weight excluding hydrogens is 120 g/mol. The van der Waals surface area contributed by atoms with Gasteiger partial charge in [0.15, 0.2) is 0 Å². The van der Waals surface area contributed by atoms with Gasteiger partial charge < -0.3 is 0 Å². The van der Waals surface area contributed by atoms with Crippen molar-refractivity contribution in [2.45, 2.75) is 26.7 Å². The molecule has 0 nitrogen and oxygen atoms in total. The molecule has 0 unspecified atom stereocenters. The van der Waals surface area contributed by atoms with Gasteiger partial charge in [-0.3, -0.25) is 0 Å². The summed E-state index contributed by atoms with van der Waals surface area (Å²) in [5.74, 6) is 0.804. The van der Waals surface area contributed by atoms with Crippen LogP contribution >= 0.6 is 0 Å². The molecule has 0 aromatic rings. The molecule has 0 heterocycles. The molecule has 0 aromatic carbocycles. The van der Waals surface area contributed by atoms with Crippen molar-refractivity contribution in [3.05, 3.63) is 29.5 Å². The monoisotopic (exact) mass is 134 g/mol. The fourth-order valence-electron chi connectivity index (χ4n) is 1.01. The molecule has 1 aliphatic carbocycles. The summed E-state index contributed by atoms with van der Waals surface area (Å²) in [5, 5.41) is 0. The summed E-state index contributed by atoms with van der Waals surface area (Å²) in [6.45, 7) is 4.51. The summed E-state index contributed by atoms with van der Waals surface area (Å²) >= 11 is 0. The van der Waals surface area contributed by atoms with E-state index in [1.54, 1.807) is 0 Å². The van der Waals surface area contributed by atoms with E-state index in [4.69, 9.17) is 0 Å². The molecule has 10 heavy (non-hydrogen) atoms. The Morgan fingerprint density at radius 3 is 2.90 bits per heavy atom. The molecule has 0 spiro atoms. The van der Waals surface area contributed by atoms with Crippen molar-refractivity contribution >= 4 is 0 Å². The van der Waals surface area contributed by atoms with Crippen LogP contribution in [0.3, 0.4) is 0 Å². The molecule has 1 rings (SSSR count). The Bertz CT molecular complexity index is 190. The molecule has 0 saturated heterocycles. The lowest BCUT2D eigenvalue weighted by molar-refractivity contribution is 0.563. The van der Waals surface area contributed by atoms with Crippen molar-refractivity contribution in [2.24, 2.45) is 5.92 Å². The summed E-state index contributed by atoms with van der Waals surface area (Å²) in [6.07, 6.45) is 8.63. The van der Waals surface area contributed by atoms with Gasteiger partial charge in [0.2, 0.25) is 0 Å². The molecule has 0 amide bonds. The summed E-state index contributed by atoms with van der Waals surface area (Å²) in [4.78, 5) is 0. The van der Waals surface area contributed by atoms with Crippen molar-refractivity contribution < 1.29 is 0 Å². The smallest absolute Gasteiger partial charge is 0.00575 e. The lowest BCUT2D eigenvalue weighted by Gasteiger charge is -2.05. The molecule has 0 radical (unpaired) electrons. The van der Waals surface area contributed by atoms with Crippen LogP contribution in [0.1, 0.15) is 26.7 Å². The number of rotatable bonds is 3. The summed E-state index contributed by atoms with van der Waals surface area (Å²) in [6, 6.07) is 0.